The lowest BCUT2D eigenvalue weighted by molar-refractivity contribution is -0.384. The quantitative estimate of drug-likeness (QED) is 0.212. The number of ether oxygens (including phenoxy) is 1. The number of rotatable bonds is 8. The Morgan fingerprint density at radius 2 is 1.76 bits per heavy atom. The van der Waals surface area contributed by atoms with Crippen LogP contribution in [0.25, 0.3) is 0 Å². The van der Waals surface area contributed by atoms with Gasteiger partial charge in [0, 0.05) is 33.4 Å². The molecule has 0 fully saturated rings. The van der Waals surface area contributed by atoms with E-state index in [1.54, 1.807) is 24.3 Å². The Bertz CT molecular complexity index is 1250. The highest BCUT2D eigenvalue weighted by atomic mass is 79.9. The molecule has 0 saturated carbocycles. The largest absolute Gasteiger partial charge is 0.482 e. The number of aryl methyl sites for hydroxylation is 1. The summed E-state index contributed by atoms with van der Waals surface area (Å²) >= 11 is 6.79. The molecule has 0 spiro atoms. The zero-order chi connectivity index (χ0) is 24.7. The van der Waals surface area contributed by atoms with Crippen LogP contribution in [0.1, 0.15) is 21.5 Å². The van der Waals surface area contributed by atoms with Gasteiger partial charge in [-0.2, -0.15) is 5.10 Å². The monoisotopic (exact) mass is 588 g/mol. The second kappa shape index (κ2) is 11.5. The van der Waals surface area contributed by atoms with Gasteiger partial charge in [-0.3, -0.25) is 19.7 Å². The lowest BCUT2D eigenvalue weighted by Gasteiger charge is -2.12. The van der Waals surface area contributed by atoms with Gasteiger partial charge in [-0.25, -0.2) is 5.43 Å². The maximum absolute atomic E-state index is 12.3. The van der Waals surface area contributed by atoms with Gasteiger partial charge in [0.05, 0.1) is 15.6 Å². The second-order valence-corrected chi connectivity index (χ2v) is 8.78. The van der Waals surface area contributed by atoms with Gasteiger partial charge in [-0.15, -0.1) is 0 Å². The first-order chi connectivity index (χ1) is 16.2. The van der Waals surface area contributed by atoms with E-state index in [2.05, 4.69) is 47.7 Å². The van der Waals surface area contributed by atoms with Crippen molar-refractivity contribution in [2.45, 2.75) is 6.92 Å². The molecule has 0 radical (unpaired) electrons. The van der Waals surface area contributed by atoms with Crippen LogP contribution in [0.5, 0.6) is 5.75 Å². The van der Waals surface area contributed by atoms with Crippen molar-refractivity contribution in [2.75, 3.05) is 11.9 Å². The molecule has 3 rings (SSSR count). The van der Waals surface area contributed by atoms with Gasteiger partial charge in [-0.05, 0) is 59.3 Å². The summed E-state index contributed by atoms with van der Waals surface area (Å²) in [6.07, 6.45) is 1.37. The maximum Gasteiger partial charge on any atom is 0.271 e. The van der Waals surface area contributed by atoms with Gasteiger partial charge in [0.2, 0.25) is 0 Å². The van der Waals surface area contributed by atoms with Gasteiger partial charge in [-0.1, -0.05) is 33.6 Å². The summed E-state index contributed by atoms with van der Waals surface area (Å²) in [6, 6.07) is 16.0. The van der Waals surface area contributed by atoms with Crippen molar-refractivity contribution in [1.82, 2.24) is 5.43 Å². The number of carbonyl (C=O) groups is 2. The maximum atomic E-state index is 12.3. The minimum atomic E-state index is -0.548. The Morgan fingerprint density at radius 1 is 1.09 bits per heavy atom. The first kappa shape index (κ1) is 25.1. The predicted molar refractivity (Wildman–Crippen MR) is 135 cm³/mol. The third-order valence-corrected chi connectivity index (χ3v) is 5.48. The van der Waals surface area contributed by atoms with E-state index in [-0.39, 0.29) is 23.8 Å². The van der Waals surface area contributed by atoms with Gasteiger partial charge in [0.1, 0.15) is 5.75 Å². The summed E-state index contributed by atoms with van der Waals surface area (Å²) in [5.41, 5.74) is 4.68. The SMILES string of the molecule is Cc1ccc(NC(=O)COc2c(Br)cc(Br)cc2/C=N/NC(=O)c2ccc([N+](=O)[O-])cc2)cc1. The van der Waals surface area contributed by atoms with Gasteiger partial charge in [0.15, 0.2) is 6.61 Å². The smallest absolute Gasteiger partial charge is 0.271 e. The lowest BCUT2D eigenvalue weighted by Crippen LogP contribution is -2.21. The summed E-state index contributed by atoms with van der Waals surface area (Å²) in [6.45, 7) is 1.71. The molecule has 0 aliphatic heterocycles. The lowest BCUT2D eigenvalue weighted by atomic mass is 10.2. The summed E-state index contributed by atoms with van der Waals surface area (Å²) in [4.78, 5) is 34.7. The molecule has 3 aromatic carbocycles. The zero-order valence-electron chi connectivity index (χ0n) is 17.7. The molecule has 0 saturated heterocycles. The van der Waals surface area contributed by atoms with E-state index in [0.717, 1.165) is 10.0 Å². The third kappa shape index (κ3) is 6.96. The average molecular weight is 590 g/mol. The van der Waals surface area contributed by atoms with Gasteiger partial charge in [0.25, 0.3) is 17.5 Å². The molecule has 0 heterocycles. The van der Waals surface area contributed by atoms with Crippen LogP contribution in [0.15, 0.2) is 74.7 Å². The number of hydrogen-bond donors (Lipinski definition) is 2. The number of anilines is 1. The highest BCUT2D eigenvalue weighted by molar-refractivity contribution is 9.11. The number of halogens is 2. The van der Waals surface area contributed by atoms with E-state index in [1.807, 2.05) is 19.1 Å². The van der Waals surface area contributed by atoms with Crippen LogP contribution in [0, 0.1) is 17.0 Å². The highest BCUT2D eigenvalue weighted by Crippen LogP contribution is 2.32. The number of nitro groups is 1. The number of non-ortho nitro benzene ring substituents is 1. The Balaban J connectivity index is 1.66. The number of amides is 2. The Labute approximate surface area is 211 Å². The Morgan fingerprint density at radius 3 is 2.41 bits per heavy atom. The summed E-state index contributed by atoms with van der Waals surface area (Å²) in [7, 11) is 0. The van der Waals surface area contributed by atoms with Crippen molar-refractivity contribution in [3.05, 3.63) is 96.4 Å². The zero-order valence-corrected chi connectivity index (χ0v) is 20.9. The summed E-state index contributed by atoms with van der Waals surface area (Å²) in [5, 5.41) is 17.4. The number of nitro benzene ring substituents is 1. The van der Waals surface area contributed by atoms with E-state index in [1.165, 1.54) is 30.5 Å². The molecule has 0 bridgehead atoms. The average Bonchev–Trinajstić information content (AvgIpc) is 2.80. The van der Waals surface area contributed by atoms with Crippen molar-refractivity contribution in [3.8, 4) is 5.75 Å². The third-order valence-electron chi connectivity index (χ3n) is 4.43. The standard InChI is InChI=1S/C23H18Br2N4O5/c1-14-2-6-18(7-3-14)27-21(30)13-34-22-16(10-17(24)11-20(22)25)12-26-28-23(31)15-4-8-19(9-5-15)29(32)33/h2-12H,13H2,1H3,(H,27,30)(H,28,31)/b26-12+. The van der Waals surface area contributed by atoms with E-state index >= 15 is 0 Å². The molecule has 0 atom stereocenters. The van der Waals surface area contributed by atoms with Crippen LogP contribution in [0.2, 0.25) is 0 Å². The Hall–Kier alpha value is -3.57. The molecular formula is C23H18Br2N4O5. The van der Waals surface area contributed by atoms with Crippen molar-refractivity contribution < 1.29 is 19.2 Å². The fourth-order valence-corrected chi connectivity index (χ4v) is 4.13. The fraction of sp³-hybridized carbons (Fsp3) is 0.0870. The van der Waals surface area contributed by atoms with Gasteiger partial charge < -0.3 is 10.1 Å². The number of hydrogen-bond acceptors (Lipinski definition) is 6. The van der Waals surface area contributed by atoms with E-state index in [9.17, 15) is 19.7 Å². The number of carbonyl (C=O) groups excluding carboxylic acids is 2. The van der Waals surface area contributed by atoms with Crippen LogP contribution in [-0.2, 0) is 4.79 Å². The predicted octanol–water partition coefficient (Wildman–Crippen LogP) is 5.21. The normalized spacial score (nSPS) is 10.7. The van der Waals surface area contributed by atoms with Crippen LogP contribution < -0.4 is 15.5 Å². The van der Waals surface area contributed by atoms with Crippen LogP contribution in [-0.4, -0.2) is 29.6 Å². The molecule has 174 valence electrons. The van der Waals surface area contributed by atoms with Crippen molar-refractivity contribution in [3.63, 3.8) is 0 Å². The van der Waals surface area contributed by atoms with Crippen LogP contribution >= 0.6 is 31.9 Å². The molecule has 2 amide bonds. The van der Waals surface area contributed by atoms with Crippen molar-refractivity contribution >= 4 is 61.3 Å². The minimum absolute atomic E-state index is 0.118. The molecule has 2 N–H and O–H groups in total. The molecule has 9 nitrogen and oxygen atoms in total. The highest BCUT2D eigenvalue weighted by Gasteiger charge is 2.13. The first-order valence-corrected chi connectivity index (χ1v) is 11.4. The van der Waals surface area contributed by atoms with Crippen molar-refractivity contribution in [2.24, 2.45) is 5.10 Å². The van der Waals surface area contributed by atoms with Crippen LogP contribution in [0.4, 0.5) is 11.4 Å². The van der Waals surface area contributed by atoms with Crippen molar-refractivity contribution in [1.29, 1.82) is 0 Å². The number of benzene rings is 3. The van der Waals surface area contributed by atoms with Gasteiger partial charge >= 0.3 is 0 Å². The molecule has 0 aliphatic rings. The first-order valence-electron chi connectivity index (χ1n) is 9.79. The molecule has 34 heavy (non-hydrogen) atoms. The van der Waals surface area contributed by atoms with E-state index < -0.39 is 10.8 Å². The van der Waals surface area contributed by atoms with Crippen LogP contribution in [0.3, 0.4) is 0 Å². The summed E-state index contributed by atoms with van der Waals surface area (Å²) < 4.78 is 7.01. The fourth-order valence-electron chi connectivity index (χ4n) is 2.76. The second-order valence-electron chi connectivity index (χ2n) is 7.01. The molecule has 0 aromatic heterocycles. The van der Waals surface area contributed by atoms with E-state index in [0.29, 0.717) is 21.5 Å². The number of hydrazone groups is 1. The topological polar surface area (TPSA) is 123 Å². The number of nitrogens with one attached hydrogen (secondary N) is 2. The number of nitrogens with zero attached hydrogens (tertiary/aromatic N) is 2. The Kier molecular flexibility index (Phi) is 8.50. The molecule has 0 unspecified atom stereocenters. The molecular weight excluding hydrogens is 572 g/mol. The minimum Gasteiger partial charge on any atom is -0.482 e. The summed E-state index contributed by atoms with van der Waals surface area (Å²) in [5.74, 6) is -0.524. The van der Waals surface area contributed by atoms with E-state index in [4.69, 9.17) is 4.74 Å². The molecule has 0 aliphatic carbocycles. The molecule has 3 aromatic rings. The molecule has 11 heteroatoms.